The Labute approximate surface area is 122 Å². The summed E-state index contributed by atoms with van der Waals surface area (Å²) >= 11 is 0. The van der Waals surface area contributed by atoms with Crippen LogP contribution in [0.1, 0.15) is 44.9 Å². The molecule has 7 aliphatic carbocycles. The van der Waals surface area contributed by atoms with Crippen LogP contribution in [0, 0.1) is 64.6 Å². The molecule has 7 rings (SSSR count). The standard InChI is InChI=1S/C20H26/c1-2-13-7-12-9-20(13,5-1)19-15-8-14(18(12)19)16-10-3-4-11(6-10)17(15)16/h3-4,10-19H,1-2,5-9H2. The number of rotatable bonds is 0. The highest BCUT2D eigenvalue weighted by molar-refractivity contribution is 5.27. The number of allylic oxidation sites excluding steroid dienone is 2. The molecule has 0 radical (unpaired) electrons. The highest BCUT2D eigenvalue weighted by Crippen LogP contribution is 2.81. The molecule has 1 spiro atoms. The largest absolute Gasteiger partial charge is 0.0848 e. The van der Waals surface area contributed by atoms with E-state index in [1.165, 1.54) is 35.5 Å². The second kappa shape index (κ2) is 2.95. The van der Waals surface area contributed by atoms with Crippen LogP contribution in [0.15, 0.2) is 12.2 Å². The molecule has 0 nitrogen and oxygen atoms in total. The van der Waals surface area contributed by atoms with Gasteiger partial charge in [0.2, 0.25) is 0 Å². The fourth-order valence-electron chi connectivity index (χ4n) is 10.1. The van der Waals surface area contributed by atoms with Gasteiger partial charge in [-0.25, -0.2) is 0 Å². The number of fused-ring (bicyclic) bond motifs is 14. The molecule has 11 unspecified atom stereocenters. The van der Waals surface area contributed by atoms with Gasteiger partial charge in [0, 0.05) is 0 Å². The van der Waals surface area contributed by atoms with Crippen LogP contribution in [0.5, 0.6) is 0 Å². The van der Waals surface area contributed by atoms with Gasteiger partial charge in [0.25, 0.3) is 0 Å². The molecular weight excluding hydrogens is 240 g/mol. The fraction of sp³-hybridized carbons (Fsp3) is 0.900. The van der Waals surface area contributed by atoms with Gasteiger partial charge < -0.3 is 0 Å². The zero-order chi connectivity index (χ0) is 12.6. The maximum Gasteiger partial charge on any atom is -0.0194 e. The Kier molecular flexibility index (Phi) is 1.54. The summed E-state index contributed by atoms with van der Waals surface area (Å²) in [5.74, 6) is 11.5. The van der Waals surface area contributed by atoms with Crippen molar-refractivity contribution in [2.75, 3.05) is 0 Å². The molecule has 7 aliphatic rings. The molecular formula is C20H26. The first-order valence-corrected chi connectivity index (χ1v) is 9.55. The fourth-order valence-corrected chi connectivity index (χ4v) is 10.1. The Bertz CT molecular complexity index is 532. The average molecular weight is 266 g/mol. The lowest BCUT2D eigenvalue weighted by Crippen LogP contribution is -2.44. The Balaban J connectivity index is 1.39. The summed E-state index contributed by atoms with van der Waals surface area (Å²) in [6.07, 6.45) is 16.7. The molecule has 106 valence electrons. The van der Waals surface area contributed by atoms with Crippen molar-refractivity contribution in [1.29, 1.82) is 0 Å². The SMILES string of the molecule is C1=CC2CC1C1C3CC(C21)C1C3C2CC3CCCC31C2. The molecule has 20 heavy (non-hydrogen) atoms. The lowest BCUT2D eigenvalue weighted by atomic mass is 9.55. The van der Waals surface area contributed by atoms with Crippen LogP contribution in [0.2, 0.25) is 0 Å². The summed E-state index contributed by atoms with van der Waals surface area (Å²) in [6.45, 7) is 0. The van der Waals surface area contributed by atoms with Gasteiger partial charge in [-0.1, -0.05) is 18.6 Å². The van der Waals surface area contributed by atoms with Crippen LogP contribution in [0.25, 0.3) is 0 Å². The van der Waals surface area contributed by atoms with Gasteiger partial charge in [0.15, 0.2) is 0 Å². The van der Waals surface area contributed by atoms with Crippen molar-refractivity contribution in [3.05, 3.63) is 12.2 Å². The van der Waals surface area contributed by atoms with Crippen molar-refractivity contribution in [1.82, 2.24) is 0 Å². The van der Waals surface area contributed by atoms with Crippen LogP contribution < -0.4 is 0 Å². The zero-order valence-electron chi connectivity index (χ0n) is 12.4. The van der Waals surface area contributed by atoms with Crippen molar-refractivity contribution in [2.45, 2.75) is 44.9 Å². The highest BCUT2D eigenvalue weighted by Gasteiger charge is 2.75. The molecule has 0 N–H and O–H groups in total. The van der Waals surface area contributed by atoms with Crippen molar-refractivity contribution in [2.24, 2.45) is 64.6 Å². The first-order chi connectivity index (χ1) is 9.87. The molecule has 6 fully saturated rings. The monoisotopic (exact) mass is 266 g/mol. The minimum Gasteiger partial charge on any atom is -0.0848 e. The van der Waals surface area contributed by atoms with Gasteiger partial charge in [-0.05, 0) is 103 Å². The zero-order valence-corrected chi connectivity index (χ0v) is 12.4. The second-order valence-corrected chi connectivity index (χ2v) is 9.79. The van der Waals surface area contributed by atoms with E-state index >= 15 is 0 Å². The van der Waals surface area contributed by atoms with Gasteiger partial charge >= 0.3 is 0 Å². The molecule has 0 aromatic heterocycles. The van der Waals surface area contributed by atoms with E-state index < -0.39 is 0 Å². The number of hydrogen-bond donors (Lipinski definition) is 0. The van der Waals surface area contributed by atoms with Crippen molar-refractivity contribution in [3.63, 3.8) is 0 Å². The maximum absolute atomic E-state index is 2.64. The Hall–Kier alpha value is -0.260. The summed E-state index contributed by atoms with van der Waals surface area (Å²) in [5, 5.41) is 0. The molecule has 6 saturated carbocycles. The summed E-state index contributed by atoms with van der Waals surface area (Å²) in [7, 11) is 0. The van der Waals surface area contributed by atoms with Gasteiger partial charge in [0.1, 0.15) is 0 Å². The topological polar surface area (TPSA) is 0 Å². The van der Waals surface area contributed by atoms with E-state index in [2.05, 4.69) is 12.2 Å². The predicted molar refractivity (Wildman–Crippen MR) is 78.8 cm³/mol. The predicted octanol–water partition coefficient (Wildman–Crippen LogP) is 4.52. The molecule has 0 saturated heterocycles. The first kappa shape index (κ1) is 10.5. The number of hydrogen-bond acceptors (Lipinski definition) is 0. The third kappa shape index (κ3) is 0.844. The van der Waals surface area contributed by atoms with Crippen LogP contribution in [-0.4, -0.2) is 0 Å². The minimum absolute atomic E-state index is 0.894. The summed E-state index contributed by atoms with van der Waals surface area (Å²) in [5.41, 5.74) is 0.894. The normalized spacial score (nSPS) is 73.6. The Morgan fingerprint density at radius 1 is 0.850 bits per heavy atom. The van der Waals surface area contributed by atoms with E-state index in [4.69, 9.17) is 0 Å². The maximum atomic E-state index is 2.64. The second-order valence-electron chi connectivity index (χ2n) is 9.79. The summed E-state index contributed by atoms with van der Waals surface area (Å²) < 4.78 is 0. The van der Waals surface area contributed by atoms with Crippen molar-refractivity contribution >= 4 is 0 Å². The lowest BCUT2D eigenvalue weighted by Gasteiger charge is -2.49. The lowest BCUT2D eigenvalue weighted by molar-refractivity contribution is -0.00969. The quantitative estimate of drug-likeness (QED) is 0.447. The van der Waals surface area contributed by atoms with Crippen LogP contribution in [0.4, 0.5) is 0 Å². The van der Waals surface area contributed by atoms with Crippen LogP contribution >= 0.6 is 0 Å². The Morgan fingerprint density at radius 2 is 1.70 bits per heavy atom. The molecule has 0 heteroatoms. The van der Waals surface area contributed by atoms with Gasteiger partial charge in [-0.2, -0.15) is 0 Å². The van der Waals surface area contributed by atoms with Gasteiger partial charge in [-0.3, -0.25) is 0 Å². The van der Waals surface area contributed by atoms with E-state index in [0.29, 0.717) is 0 Å². The highest BCUT2D eigenvalue weighted by atomic mass is 14.8. The molecule has 0 aromatic carbocycles. The van der Waals surface area contributed by atoms with E-state index in [0.717, 1.165) is 29.1 Å². The summed E-state index contributed by atoms with van der Waals surface area (Å²) in [4.78, 5) is 0. The van der Waals surface area contributed by atoms with Crippen LogP contribution in [-0.2, 0) is 0 Å². The third-order valence-electron chi connectivity index (χ3n) is 9.93. The van der Waals surface area contributed by atoms with E-state index in [1.807, 2.05) is 0 Å². The van der Waals surface area contributed by atoms with Gasteiger partial charge in [0.05, 0.1) is 0 Å². The van der Waals surface area contributed by atoms with Crippen molar-refractivity contribution < 1.29 is 0 Å². The molecule has 6 bridgehead atoms. The average Bonchev–Trinajstić information content (AvgIpc) is 3.22. The minimum atomic E-state index is 0.894. The molecule has 0 aromatic rings. The summed E-state index contributed by atoms with van der Waals surface area (Å²) in [6, 6.07) is 0. The first-order valence-electron chi connectivity index (χ1n) is 9.55. The van der Waals surface area contributed by atoms with Crippen molar-refractivity contribution in [3.8, 4) is 0 Å². The third-order valence-corrected chi connectivity index (χ3v) is 9.93. The molecule has 11 atom stereocenters. The van der Waals surface area contributed by atoms with E-state index in [1.54, 1.807) is 44.9 Å². The molecule has 0 amide bonds. The van der Waals surface area contributed by atoms with Crippen LogP contribution in [0.3, 0.4) is 0 Å². The van der Waals surface area contributed by atoms with E-state index in [9.17, 15) is 0 Å². The van der Waals surface area contributed by atoms with Gasteiger partial charge in [-0.15, -0.1) is 0 Å². The van der Waals surface area contributed by atoms with E-state index in [-0.39, 0.29) is 0 Å². The smallest absolute Gasteiger partial charge is 0.0194 e. The molecule has 0 heterocycles. The Morgan fingerprint density at radius 3 is 2.60 bits per heavy atom. The molecule has 0 aliphatic heterocycles.